The van der Waals surface area contributed by atoms with Crippen molar-refractivity contribution in [2.45, 2.75) is 90.9 Å². The maximum Gasteiger partial charge on any atom is 0.119 e. The predicted molar refractivity (Wildman–Crippen MR) is 129 cm³/mol. The van der Waals surface area contributed by atoms with E-state index in [4.69, 9.17) is 4.74 Å². The Morgan fingerprint density at radius 3 is 2.27 bits per heavy atom. The van der Waals surface area contributed by atoms with Crippen LogP contribution in [0.2, 0.25) is 0 Å². The van der Waals surface area contributed by atoms with E-state index in [1.165, 1.54) is 64.2 Å². The van der Waals surface area contributed by atoms with Gasteiger partial charge in [0.1, 0.15) is 5.75 Å². The Labute approximate surface area is 185 Å². The molecule has 1 fully saturated rings. The number of benzene rings is 1. The van der Waals surface area contributed by atoms with Gasteiger partial charge in [-0.1, -0.05) is 82.5 Å². The normalized spacial score (nSPS) is 18.3. The van der Waals surface area contributed by atoms with Crippen molar-refractivity contribution in [2.75, 3.05) is 6.61 Å². The van der Waals surface area contributed by atoms with Gasteiger partial charge in [-0.2, -0.15) is 0 Å². The van der Waals surface area contributed by atoms with E-state index >= 15 is 0 Å². The molecule has 0 N–H and O–H groups in total. The highest BCUT2D eigenvalue weighted by Gasteiger charge is 2.19. The first-order valence-electron chi connectivity index (χ1n) is 12.2. The fourth-order valence-corrected chi connectivity index (χ4v) is 3.98. The third-order valence-corrected chi connectivity index (χ3v) is 5.94. The maximum atomic E-state index is 5.68. The molecule has 0 amide bonds. The SMILES string of the molecule is CCCCCCC[C@H]1CC[C@H](C#C/C=C/C#Cc2ccc(OCCCC)cc2)CC1. The molecule has 0 aliphatic heterocycles. The summed E-state index contributed by atoms with van der Waals surface area (Å²) < 4.78 is 5.68. The Hall–Kier alpha value is -2.12. The molecule has 0 spiro atoms. The van der Waals surface area contributed by atoms with Crippen LogP contribution in [0, 0.1) is 35.5 Å². The van der Waals surface area contributed by atoms with Crippen LogP contribution in [0.1, 0.15) is 96.5 Å². The van der Waals surface area contributed by atoms with Gasteiger partial charge in [-0.05, 0) is 74.4 Å². The second-order valence-electron chi connectivity index (χ2n) is 8.54. The lowest BCUT2D eigenvalue weighted by atomic mass is 9.80. The predicted octanol–water partition coefficient (Wildman–Crippen LogP) is 7.94. The first kappa shape index (κ1) is 24.2. The minimum absolute atomic E-state index is 0.583. The number of hydrogen-bond donors (Lipinski definition) is 0. The van der Waals surface area contributed by atoms with Crippen LogP contribution in [-0.4, -0.2) is 6.61 Å². The summed E-state index contributed by atoms with van der Waals surface area (Å²) >= 11 is 0. The van der Waals surface area contributed by atoms with Crippen LogP contribution in [0.15, 0.2) is 36.4 Å². The van der Waals surface area contributed by atoms with Crippen molar-refractivity contribution in [3.63, 3.8) is 0 Å². The summed E-state index contributed by atoms with van der Waals surface area (Å²) in [6.07, 6.45) is 19.8. The van der Waals surface area contributed by atoms with Gasteiger partial charge in [0.05, 0.1) is 6.61 Å². The molecule has 0 aromatic heterocycles. The summed E-state index contributed by atoms with van der Waals surface area (Å²) in [5.41, 5.74) is 1.00. The second-order valence-corrected chi connectivity index (χ2v) is 8.54. The Bertz CT molecular complexity index is 712. The van der Waals surface area contributed by atoms with Gasteiger partial charge in [-0.3, -0.25) is 0 Å². The molecule has 1 aromatic rings. The van der Waals surface area contributed by atoms with Crippen molar-refractivity contribution in [3.8, 4) is 29.4 Å². The second kappa shape index (κ2) is 15.7. The highest BCUT2D eigenvalue weighted by atomic mass is 16.5. The van der Waals surface area contributed by atoms with E-state index in [2.05, 4.69) is 37.5 Å². The van der Waals surface area contributed by atoms with Crippen molar-refractivity contribution in [2.24, 2.45) is 11.8 Å². The van der Waals surface area contributed by atoms with Crippen LogP contribution in [0.3, 0.4) is 0 Å². The average Bonchev–Trinajstić information content (AvgIpc) is 2.78. The van der Waals surface area contributed by atoms with Crippen LogP contribution < -0.4 is 4.74 Å². The molecule has 1 saturated carbocycles. The van der Waals surface area contributed by atoms with Crippen LogP contribution in [0.5, 0.6) is 5.75 Å². The van der Waals surface area contributed by atoms with Gasteiger partial charge in [0, 0.05) is 11.5 Å². The molecule has 1 nitrogen and oxygen atoms in total. The minimum Gasteiger partial charge on any atom is -0.494 e. The molecule has 1 heteroatoms. The number of unbranched alkanes of at least 4 members (excludes halogenated alkanes) is 5. The molecular weight excluding hydrogens is 364 g/mol. The molecule has 30 heavy (non-hydrogen) atoms. The molecule has 1 aliphatic rings. The lowest BCUT2D eigenvalue weighted by Gasteiger charge is -2.25. The first-order chi connectivity index (χ1) is 14.8. The summed E-state index contributed by atoms with van der Waals surface area (Å²) in [5, 5.41) is 0. The summed E-state index contributed by atoms with van der Waals surface area (Å²) in [5.74, 6) is 15.3. The molecule has 0 unspecified atom stereocenters. The Balaban J connectivity index is 1.63. The standard InChI is InChI=1S/C29H40O/c1-3-5-7-8-11-14-26-17-19-27(20-18-26)15-12-9-10-13-16-28-21-23-29(24-22-28)30-25-6-4-2/h9-10,21-24,26-27H,3-8,11,14,17-20,25H2,1-2H3/b10-9+/t26-,27-. The van der Waals surface area contributed by atoms with Crippen LogP contribution in [0.4, 0.5) is 0 Å². The summed E-state index contributed by atoms with van der Waals surface area (Å²) in [4.78, 5) is 0. The van der Waals surface area contributed by atoms with Gasteiger partial charge in [-0.25, -0.2) is 0 Å². The molecule has 1 aromatic carbocycles. The van der Waals surface area contributed by atoms with E-state index in [1.807, 2.05) is 36.4 Å². The third kappa shape index (κ3) is 10.6. The molecular formula is C29H40O. The van der Waals surface area contributed by atoms with E-state index in [-0.39, 0.29) is 0 Å². The molecule has 0 atom stereocenters. The van der Waals surface area contributed by atoms with Crippen molar-refractivity contribution in [3.05, 3.63) is 42.0 Å². The third-order valence-electron chi connectivity index (χ3n) is 5.94. The maximum absolute atomic E-state index is 5.68. The smallest absolute Gasteiger partial charge is 0.119 e. The van der Waals surface area contributed by atoms with E-state index in [1.54, 1.807) is 0 Å². The number of hydrogen-bond acceptors (Lipinski definition) is 1. The van der Waals surface area contributed by atoms with E-state index in [0.717, 1.165) is 36.7 Å². The lowest BCUT2D eigenvalue weighted by Crippen LogP contribution is -2.13. The molecule has 1 aliphatic carbocycles. The summed E-state index contributed by atoms with van der Waals surface area (Å²) in [6.45, 7) is 5.24. The fraction of sp³-hybridized carbons (Fsp3) is 0.586. The zero-order chi connectivity index (χ0) is 21.3. The molecule has 162 valence electrons. The van der Waals surface area contributed by atoms with E-state index in [9.17, 15) is 0 Å². The van der Waals surface area contributed by atoms with E-state index in [0.29, 0.717) is 5.92 Å². The zero-order valence-corrected chi connectivity index (χ0v) is 19.2. The molecule has 0 radical (unpaired) electrons. The fourth-order valence-electron chi connectivity index (χ4n) is 3.98. The number of ether oxygens (including phenoxy) is 1. The van der Waals surface area contributed by atoms with Crippen molar-refractivity contribution < 1.29 is 4.74 Å². The number of rotatable bonds is 10. The highest BCUT2D eigenvalue weighted by Crippen LogP contribution is 2.31. The summed E-state index contributed by atoms with van der Waals surface area (Å²) in [7, 11) is 0. The van der Waals surface area contributed by atoms with Crippen molar-refractivity contribution >= 4 is 0 Å². The van der Waals surface area contributed by atoms with Gasteiger partial charge in [0.25, 0.3) is 0 Å². The van der Waals surface area contributed by atoms with Crippen LogP contribution in [0.25, 0.3) is 0 Å². The Morgan fingerprint density at radius 2 is 1.53 bits per heavy atom. The summed E-state index contributed by atoms with van der Waals surface area (Å²) in [6, 6.07) is 8.00. The molecule has 0 bridgehead atoms. The van der Waals surface area contributed by atoms with Crippen molar-refractivity contribution in [1.29, 1.82) is 0 Å². The lowest BCUT2D eigenvalue weighted by molar-refractivity contribution is 0.294. The topological polar surface area (TPSA) is 9.23 Å². The van der Waals surface area contributed by atoms with Gasteiger partial charge >= 0.3 is 0 Å². The first-order valence-corrected chi connectivity index (χ1v) is 12.2. The van der Waals surface area contributed by atoms with Gasteiger partial charge in [0.15, 0.2) is 0 Å². The Morgan fingerprint density at radius 1 is 0.833 bits per heavy atom. The highest BCUT2D eigenvalue weighted by molar-refractivity contribution is 5.40. The van der Waals surface area contributed by atoms with Crippen LogP contribution in [-0.2, 0) is 0 Å². The minimum atomic E-state index is 0.583. The van der Waals surface area contributed by atoms with Crippen molar-refractivity contribution in [1.82, 2.24) is 0 Å². The molecule has 0 heterocycles. The average molecular weight is 405 g/mol. The van der Waals surface area contributed by atoms with Crippen LogP contribution >= 0.6 is 0 Å². The Kier molecular flexibility index (Phi) is 12.6. The van der Waals surface area contributed by atoms with Gasteiger partial charge in [0.2, 0.25) is 0 Å². The number of allylic oxidation sites excluding steroid dienone is 2. The molecule has 0 saturated heterocycles. The van der Waals surface area contributed by atoms with Gasteiger partial charge in [-0.15, -0.1) is 0 Å². The largest absolute Gasteiger partial charge is 0.494 e. The monoisotopic (exact) mass is 404 g/mol. The molecule has 2 rings (SSSR count). The quantitative estimate of drug-likeness (QED) is 0.284. The zero-order valence-electron chi connectivity index (χ0n) is 19.2. The van der Waals surface area contributed by atoms with E-state index < -0.39 is 0 Å². The van der Waals surface area contributed by atoms with Gasteiger partial charge < -0.3 is 4.74 Å².